The average Bonchev–Trinajstić information content (AvgIpc) is 2.74. The molecule has 1 aliphatic rings. The molecule has 19 heavy (non-hydrogen) atoms. The number of nitrogens with zero attached hydrogens (tertiary/aromatic N) is 2. The summed E-state index contributed by atoms with van der Waals surface area (Å²) < 4.78 is 59.9. The summed E-state index contributed by atoms with van der Waals surface area (Å²) in [6.45, 7) is 6.76. The maximum Gasteiger partial charge on any atom is 0.485 e. The van der Waals surface area contributed by atoms with E-state index in [-0.39, 0.29) is 0 Å². The third-order valence-corrected chi connectivity index (χ3v) is 3.11. The van der Waals surface area contributed by atoms with Crippen molar-refractivity contribution in [1.29, 1.82) is 0 Å². The zero-order chi connectivity index (χ0) is 15.2. The number of hydrogen-bond donors (Lipinski definition) is 0. The Balaban J connectivity index is 0.000000362. The highest BCUT2D eigenvalue weighted by atomic mass is 32.2. The van der Waals surface area contributed by atoms with Crippen LogP contribution in [0, 0.1) is 0 Å². The molecule has 0 fully saturated rings. The van der Waals surface area contributed by atoms with Crippen molar-refractivity contribution in [2.45, 2.75) is 32.2 Å². The van der Waals surface area contributed by atoms with Crippen LogP contribution in [0.15, 0.2) is 17.4 Å². The predicted molar refractivity (Wildman–Crippen MR) is 64.0 cm³/mol. The normalized spacial score (nSPS) is 22.2. The van der Waals surface area contributed by atoms with Gasteiger partial charge in [-0.05, 0) is 13.3 Å². The number of hydrogen-bond acceptors (Lipinski definition) is 4. The Morgan fingerprint density at radius 3 is 2.11 bits per heavy atom. The molecule has 0 radical (unpaired) electrons. The van der Waals surface area contributed by atoms with Crippen molar-refractivity contribution in [2.24, 2.45) is 4.99 Å². The maximum absolute atomic E-state index is 10.7. The van der Waals surface area contributed by atoms with Gasteiger partial charge in [0, 0.05) is 0 Å². The fourth-order valence-electron chi connectivity index (χ4n) is 1.31. The topological polar surface area (TPSA) is 69.6 Å². The second-order valence-electron chi connectivity index (χ2n) is 3.96. The molecule has 0 aromatic heterocycles. The van der Waals surface area contributed by atoms with E-state index in [1.54, 1.807) is 0 Å². The Morgan fingerprint density at radius 1 is 1.32 bits per heavy atom. The largest absolute Gasteiger partial charge is 0.741 e. The molecule has 112 valence electrons. The van der Waals surface area contributed by atoms with E-state index in [4.69, 9.17) is 13.0 Å². The van der Waals surface area contributed by atoms with Gasteiger partial charge in [-0.15, -0.1) is 0 Å². The SMILES string of the molecule is CCCC[N+]1(CC)C=CN=C1.O=S(=O)([O-])C(F)(F)F. The summed E-state index contributed by atoms with van der Waals surface area (Å²) in [5.74, 6) is 0. The van der Waals surface area contributed by atoms with Gasteiger partial charge in [0.1, 0.15) is 6.20 Å². The van der Waals surface area contributed by atoms with Gasteiger partial charge < -0.3 is 4.55 Å². The van der Waals surface area contributed by atoms with Crippen LogP contribution in [-0.4, -0.2) is 42.4 Å². The van der Waals surface area contributed by atoms with Crippen molar-refractivity contribution in [1.82, 2.24) is 0 Å². The minimum Gasteiger partial charge on any atom is -0.741 e. The highest BCUT2D eigenvalue weighted by molar-refractivity contribution is 7.86. The Labute approximate surface area is 110 Å². The third kappa shape index (κ3) is 6.17. The van der Waals surface area contributed by atoms with Crippen LogP contribution in [0.4, 0.5) is 13.2 Å². The van der Waals surface area contributed by atoms with Gasteiger partial charge in [0.15, 0.2) is 16.5 Å². The quantitative estimate of drug-likeness (QED) is 0.454. The van der Waals surface area contributed by atoms with Gasteiger partial charge in [0.25, 0.3) is 0 Å². The summed E-state index contributed by atoms with van der Waals surface area (Å²) in [6.07, 6.45) is 8.66. The molecule has 0 saturated heterocycles. The van der Waals surface area contributed by atoms with Crippen LogP contribution < -0.4 is 0 Å². The molecule has 1 rings (SSSR count). The predicted octanol–water partition coefficient (Wildman–Crippen LogP) is 2.19. The second-order valence-corrected chi connectivity index (χ2v) is 5.33. The minimum atomic E-state index is -6.09. The first-order chi connectivity index (χ1) is 8.58. The van der Waals surface area contributed by atoms with Gasteiger partial charge >= 0.3 is 5.51 Å². The van der Waals surface area contributed by atoms with E-state index < -0.39 is 15.6 Å². The first-order valence-corrected chi connectivity index (χ1v) is 7.09. The van der Waals surface area contributed by atoms with Crippen molar-refractivity contribution < 1.29 is 30.6 Å². The fourth-order valence-corrected chi connectivity index (χ4v) is 1.31. The lowest BCUT2D eigenvalue weighted by atomic mass is 10.3. The van der Waals surface area contributed by atoms with Crippen molar-refractivity contribution in [3.63, 3.8) is 0 Å². The molecule has 1 heterocycles. The lowest BCUT2D eigenvalue weighted by Gasteiger charge is -2.25. The van der Waals surface area contributed by atoms with Crippen LogP contribution in [0.2, 0.25) is 0 Å². The molecule has 1 atom stereocenters. The Kier molecular flexibility index (Phi) is 6.67. The number of quaternary nitrogens is 1. The van der Waals surface area contributed by atoms with E-state index in [1.165, 1.54) is 19.4 Å². The summed E-state index contributed by atoms with van der Waals surface area (Å²) in [4.78, 5) is 4.13. The molecule has 9 heteroatoms. The van der Waals surface area contributed by atoms with E-state index in [0.717, 1.165) is 11.0 Å². The Morgan fingerprint density at radius 2 is 1.84 bits per heavy atom. The van der Waals surface area contributed by atoms with E-state index in [1.807, 2.05) is 12.5 Å². The standard InChI is InChI=1S/C9H17N2.CHF3O3S/c1-3-5-7-11(4-2)8-6-10-9-11;2-1(3,4)8(5,6)7/h6,8-9H,3-5,7H2,1-2H3;(H,5,6,7)/q+1;/p-1. The number of aliphatic imine (C=N–C) groups is 1. The summed E-state index contributed by atoms with van der Waals surface area (Å²) >= 11 is 0. The van der Waals surface area contributed by atoms with Crippen LogP contribution >= 0.6 is 0 Å². The first-order valence-electron chi connectivity index (χ1n) is 5.68. The van der Waals surface area contributed by atoms with Crippen molar-refractivity contribution >= 4 is 16.5 Å². The van der Waals surface area contributed by atoms with Crippen molar-refractivity contribution in [3.05, 3.63) is 12.4 Å². The van der Waals surface area contributed by atoms with Crippen LogP contribution in [-0.2, 0) is 10.1 Å². The van der Waals surface area contributed by atoms with Crippen molar-refractivity contribution in [3.8, 4) is 0 Å². The highest BCUT2D eigenvalue weighted by Crippen LogP contribution is 2.20. The minimum absolute atomic E-state index is 0.952. The first kappa shape index (κ1) is 18.1. The molecule has 0 spiro atoms. The molecule has 1 aliphatic heterocycles. The van der Waals surface area contributed by atoms with E-state index in [9.17, 15) is 13.2 Å². The van der Waals surface area contributed by atoms with Crippen LogP contribution in [0.3, 0.4) is 0 Å². The summed E-state index contributed by atoms with van der Waals surface area (Å²) in [7, 11) is -6.09. The summed E-state index contributed by atoms with van der Waals surface area (Å²) in [6, 6.07) is 0. The van der Waals surface area contributed by atoms with E-state index in [0.29, 0.717) is 0 Å². The van der Waals surface area contributed by atoms with Crippen LogP contribution in [0.5, 0.6) is 0 Å². The van der Waals surface area contributed by atoms with Gasteiger partial charge in [-0.25, -0.2) is 13.4 Å². The molecule has 0 aliphatic carbocycles. The third-order valence-electron chi connectivity index (χ3n) is 2.55. The molecule has 5 nitrogen and oxygen atoms in total. The fraction of sp³-hybridized carbons (Fsp3) is 0.700. The Bertz CT molecular complexity index is 418. The van der Waals surface area contributed by atoms with Gasteiger partial charge in [0.05, 0.1) is 19.3 Å². The number of unbranched alkanes of at least 4 members (excludes halogenated alkanes) is 1. The second kappa shape index (κ2) is 7.01. The summed E-state index contributed by atoms with van der Waals surface area (Å²) in [5, 5.41) is 0. The van der Waals surface area contributed by atoms with Gasteiger partial charge in [0.2, 0.25) is 0 Å². The number of alkyl halides is 3. The molecule has 0 saturated carbocycles. The van der Waals surface area contributed by atoms with Gasteiger partial charge in [-0.3, -0.25) is 4.48 Å². The van der Waals surface area contributed by atoms with Gasteiger partial charge in [-0.2, -0.15) is 13.2 Å². The molecule has 0 bridgehead atoms. The molecule has 0 N–H and O–H groups in total. The lowest BCUT2D eigenvalue weighted by Crippen LogP contribution is -2.40. The average molecular weight is 302 g/mol. The monoisotopic (exact) mass is 302 g/mol. The molecule has 0 aromatic rings. The van der Waals surface area contributed by atoms with Crippen molar-refractivity contribution in [2.75, 3.05) is 13.1 Å². The molecule has 0 amide bonds. The zero-order valence-electron chi connectivity index (χ0n) is 10.7. The molecular formula is C10H17F3N2O3S. The van der Waals surface area contributed by atoms with Crippen LogP contribution in [0.1, 0.15) is 26.7 Å². The number of rotatable bonds is 4. The number of halogens is 3. The molecular weight excluding hydrogens is 285 g/mol. The molecule has 0 aromatic carbocycles. The molecule has 1 unspecified atom stereocenters. The highest BCUT2D eigenvalue weighted by Gasteiger charge is 2.36. The lowest BCUT2D eigenvalue weighted by molar-refractivity contribution is -0.777. The van der Waals surface area contributed by atoms with Crippen LogP contribution in [0.25, 0.3) is 0 Å². The Hall–Kier alpha value is -0.930. The maximum atomic E-state index is 10.7. The van der Waals surface area contributed by atoms with E-state index in [2.05, 4.69) is 25.0 Å². The smallest absolute Gasteiger partial charge is 0.485 e. The van der Waals surface area contributed by atoms with Gasteiger partial charge in [-0.1, -0.05) is 13.3 Å². The summed E-state index contributed by atoms with van der Waals surface area (Å²) in [5.41, 5.74) is -5.65. The van der Waals surface area contributed by atoms with E-state index >= 15 is 0 Å². The zero-order valence-corrected chi connectivity index (χ0v) is 11.5.